The van der Waals surface area contributed by atoms with E-state index in [9.17, 15) is 9.59 Å². The van der Waals surface area contributed by atoms with Gasteiger partial charge < -0.3 is 19.1 Å². The van der Waals surface area contributed by atoms with Gasteiger partial charge >= 0.3 is 5.97 Å². The van der Waals surface area contributed by atoms with Gasteiger partial charge in [-0.1, -0.05) is 18.2 Å². The Kier molecular flexibility index (Phi) is 6.35. The highest BCUT2D eigenvalue weighted by atomic mass is 16.5. The largest absolute Gasteiger partial charge is 0.497 e. The fourth-order valence-electron chi connectivity index (χ4n) is 3.66. The Bertz CT molecular complexity index is 920. The van der Waals surface area contributed by atoms with Crippen LogP contribution in [0.5, 0.6) is 11.5 Å². The fourth-order valence-corrected chi connectivity index (χ4v) is 3.66. The molecule has 0 N–H and O–H groups in total. The number of para-hydroxylation sites is 1. The monoisotopic (exact) mass is 394 g/mol. The van der Waals surface area contributed by atoms with Crippen LogP contribution in [0.2, 0.25) is 0 Å². The van der Waals surface area contributed by atoms with E-state index in [-0.39, 0.29) is 18.9 Å². The molecule has 0 radical (unpaired) electrons. The van der Waals surface area contributed by atoms with Crippen molar-refractivity contribution in [1.29, 1.82) is 5.26 Å². The summed E-state index contributed by atoms with van der Waals surface area (Å²) in [5.74, 6) is 0.00384. The number of methoxy groups -OCH3 is 2. The molecule has 1 heterocycles. The van der Waals surface area contributed by atoms with Crippen LogP contribution >= 0.6 is 0 Å². The Labute approximate surface area is 169 Å². The van der Waals surface area contributed by atoms with Gasteiger partial charge in [-0.3, -0.25) is 9.59 Å². The van der Waals surface area contributed by atoms with Crippen LogP contribution in [0.25, 0.3) is 0 Å². The van der Waals surface area contributed by atoms with E-state index in [1.165, 1.54) is 0 Å². The maximum Gasteiger partial charge on any atom is 0.312 e. The van der Waals surface area contributed by atoms with Crippen molar-refractivity contribution in [2.24, 2.45) is 5.92 Å². The highest BCUT2D eigenvalue weighted by Gasteiger charge is 2.43. The number of carbonyl (C=O) groups is 2. The van der Waals surface area contributed by atoms with Gasteiger partial charge in [0.1, 0.15) is 17.6 Å². The number of amides is 1. The van der Waals surface area contributed by atoms with Crippen molar-refractivity contribution in [1.82, 2.24) is 0 Å². The van der Waals surface area contributed by atoms with Crippen LogP contribution in [0.3, 0.4) is 0 Å². The molecule has 7 nitrogen and oxygen atoms in total. The lowest BCUT2D eigenvalue weighted by molar-refractivity contribution is -0.149. The van der Waals surface area contributed by atoms with Crippen molar-refractivity contribution >= 4 is 17.6 Å². The van der Waals surface area contributed by atoms with E-state index >= 15 is 0 Å². The lowest BCUT2D eigenvalue weighted by Crippen LogP contribution is -2.46. The molecule has 2 atom stereocenters. The number of carbonyl (C=O) groups excluding carboxylic acids is 2. The van der Waals surface area contributed by atoms with Gasteiger partial charge in [0.05, 0.1) is 26.2 Å². The summed E-state index contributed by atoms with van der Waals surface area (Å²) in [6.07, 6.45) is 0.530. The fraction of sp³-hybridized carbons (Fsp3) is 0.318. The summed E-state index contributed by atoms with van der Waals surface area (Å²) in [4.78, 5) is 27.3. The number of anilines is 1. The number of hydrogen-bond donors (Lipinski definition) is 0. The normalized spacial score (nSPS) is 18.7. The minimum Gasteiger partial charge on any atom is -0.497 e. The van der Waals surface area contributed by atoms with E-state index in [0.29, 0.717) is 29.2 Å². The maximum atomic E-state index is 13.0. The molecule has 1 aliphatic heterocycles. The summed E-state index contributed by atoms with van der Waals surface area (Å²) < 4.78 is 15.8. The summed E-state index contributed by atoms with van der Waals surface area (Å²) in [6.45, 7) is -0.329. The standard InChI is InChI=1S/C22H22N2O5/c1-27-16-9-7-15(8-10-16)24-20(25)12-11-18(22(26)29-14-13-23)21(24)17-5-3-4-6-19(17)28-2/h3-10,18,21H,11-12,14H2,1-2H3/t18-,21+/m0/s1. The minimum absolute atomic E-state index is 0.101. The van der Waals surface area contributed by atoms with Crippen molar-refractivity contribution in [3.8, 4) is 17.6 Å². The van der Waals surface area contributed by atoms with E-state index in [1.54, 1.807) is 49.5 Å². The number of rotatable bonds is 6. The molecule has 1 amide bonds. The zero-order chi connectivity index (χ0) is 20.8. The first-order chi connectivity index (χ1) is 14.1. The average Bonchev–Trinajstić information content (AvgIpc) is 2.77. The predicted octanol–water partition coefficient (Wildman–Crippen LogP) is 3.25. The summed E-state index contributed by atoms with van der Waals surface area (Å²) in [6, 6.07) is 15.6. The first kappa shape index (κ1) is 20.2. The molecule has 1 saturated heterocycles. The van der Waals surface area contributed by atoms with E-state index in [1.807, 2.05) is 24.3 Å². The van der Waals surface area contributed by atoms with Crippen LogP contribution in [-0.2, 0) is 14.3 Å². The van der Waals surface area contributed by atoms with Gasteiger partial charge in [-0.15, -0.1) is 0 Å². The van der Waals surface area contributed by atoms with E-state index < -0.39 is 17.9 Å². The van der Waals surface area contributed by atoms with E-state index in [0.717, 1.165) is 0 Å². The quantitative estimate of drug-likeness (QED) is 0.699. The van der Waals surface area contributed by atoms with Crippen LogP contribution < -0.4 is 14.4 Å². The highest BCUT2D eigenvalue weighted by molar-refractivity contribution is 5.97. The second kappa shape index (κ2) is 9.11. The SMILES string of the molecule is COc1ccc(N2C(=O)CC[C@H](C(=O)OCC#N)[C@H]2c2ccccc2OC)cc1. The predicted molar refractivity (Wildman–Crippen MR) is 106 cm³/mol. The highest BCUT2D eigenvalue weighted by Crippen LogP contribution is 2.43. The van der Waals surface area contributed by atoms with Gasteiger partial charge in [-0.05, 0) is 36.8 Å². The lowest BCUT2D eigenvalue weighted by atomic mass is 9.83. The topological polar surface area (TPSA) is 88.9 Å². The van der Waals surface area contributed by atoms with E-state index in [4.69, 9.17) is 19.5 Å². The van der Waals surface area contributed by atoms with Crippen molar-refractivity contribution in [3.05, 3.63) is 54.1 Å². The number of benzene rings is 2. The van der Waals surface area contributed by atoms with Gasteiger partial charge in [0.25, 0.3) is 0 Å². The smallest absolute Gasteiger partial charge is 0.312 e. The molecule has 0 saturated carbocycles. The molecule has 0 bridgehead atoms. The molecule has 0 spiro atoms. The lowest BCUT2D eigenvalue weighted by Gasteiger charge is -2.40. The number of hydrogen-bond acceptors (Lipinski definition) is 6. The number of nitrogens with zero attached hydrogens (tertiary/aromatic N) is 2. The second-order valence-corrected chi connectivity index (χ2v) is 6.56. The van der Waals surface area contributed by atoms with Crippen molar-refractivity contribution in [2.75, 3.05) is 25.7 Å². The molecule has 0 aromatic heterocycles. The molecule has 7 heteroatoms. The molecule has 2 aromatic carbocycles. The van der Waals surface area contributed by atoms with Gasteiger partial charge in [0, 0.05) is 17.7 Å². The summed E-state index contributed by atoms with van der Waals surface area (Å²) in [5.41, 5.74) is 1.35. The molecule has 150 valence electrons. The Morgan fingerprint density at radius 2 is 1.86 bits per heavy atom. The van der Waals surface area contributed by atoms with Crippen LogP contribution in [0.1, 0.15) is 24.4 Å². The number of ether oxygens (including phenoxy) is 3. The molecule has 1 fully saturated rings. The van der Waals surface area contributed by atoms with Crippen LogP contribution in [0.4, 0.5) is 5.69 Å². The summed E-state index contributed by atoms with van der Waals surface area (Å²) in [5, 5.41) is 8.78. The Hall–Kier alpha value is -3.53. The van der Waals surface area contributed by atoms with Gasteiger partial charge in [-0.2, -0.15) is 5.26 Å². The maximum absolute atomic E-state index is 13.0. The Balaban J connectivity index is 2.10. The number of piperidine rings is 1. The number of nitriles is 1. The molecule has 29 heavy (non-hydrogen) atoms. The molecule has 1 aliphatic rings. The Morgan fingerprint density at radius 1 is 1.14 bits per heavy atom. The van der Waals surface area contributed by atoms with E-state index in [2.05, 4.69) is 0 Å². The zero-order valence-corrected chi connectivity index (χ0v) is 16.3. The van der Waals surface area contributed by atoms with Crippen LogP contribution in [-0.4, -0.2) is 32.7 Å². The van der Waals surface area contributed by atoms with Gasteiger partial charge in [0.2, 0.25) is 5.91 Å². The molecule has 3 rings (SSSR count). The first-order valence-corrected chi connectivity index (χ1v) is 9.23. The third kappa shape index (κ3) is 4.16. The van der Waals surface area contributed by atoms with Crippen molar-refractivity contribution in [3.63, 3.8) is 0 Å². The number of esters is 1. The van der Waals surface area contributed by atoms with Crippen LogP contribution in [0.15, 0.2) is 48.5 Å². The third-order valence-electron chi connectivity index (χ3n) is 4.99. The third-order valence-corrected chi connectivity index (χ3v) is 4.99. The Morgan fingerprint density at radius 3 is 2.52 bits per heavy atom. The summed E-state index contributed by atoms with van der Waals surface area (Å²) >= 11 is 0. The molecular weight excluding hydrogens is 372 g/mol. The molecular formula is C22H22N2O5. The molecule has 0 aliphatic carbocycles. The van der Waals surface area contributed by atoms with Crippen molar-refractivity contribution in [2.45, 2.75) is 18.9 Å². The van der Waals surface area contributed by atoms with Crippen LogP contribution in [0, 0.1) is 17.2 Å². The molecule has 2 aromatic rings. The zero-order valence-electron chi connectivity index (χ0n) is 16.3. The first-order valence-electron chi connectivity index (χ1n) is 9.23. The minimum atomic E-state index is -0.626. The second-order valence-electron chi connectivity index (χ2n) is 6.56. The molecule has 0 unspecified atom stereocenters. The van der Waals surface area contributed by atoms with Gasteiger partial charge in [0.15, 0.2) is 6.61 Å². The summed E-state index contributed by atoms with van der Waals surface area (Å²) in [7, 11) is 3.12. The van der Waals surface area contributed by atoms with Crippen molar-refractivity contribution < 1.29 is 23.8 Å². The van der Waals surface area contributed by atoms with Gasteiger partial charge in [-0.25, -0.2) is 0 Å². The average molecular weight is 394 g/mol.